The molecule has 6 nitrogen and oxygen atoms in total. The van der Waals surface area contributed by atoms with E-state index in [-0.39, 0.29) is 0 Å². The third kappa shape index (κ3) is 2.50. The minimum absolute atomic E-state index is 0.907. The molecule has 1 saturated heterocycles. The molecule has 1 aliphatic rings. The molecular weight excluding hydrogens is 344 g/mol. The molecule has 4 aromatic rings. The number of rotatable bonds is 2. The van der Waals surface area contributed by atoms with E-state index in [9.17, 15) is 0 Å². The number of anilines is 2. The van der Waals surface area contributed by atoms with Crippen LogP contribution in [0.3, 0.4) is 0 Å². The molecular formula is C19H20N6S. The van der Waals surface area contributed by atoms with Gasteiger partial charge in [-0.1, -0.05) is 23.5 Å². The molecule has 1 fully saturated rings. The number of thiazole rings is 1. The van der Waals surface area contributed by atoms with Crippen molar-refractivity contribution < 1.29 is 0 Å². The van der Waals surface area contributed by atoms with Crippen molar-refractivity contribution in [2.75, 3.05) is 36.0 Å². The highest BCUT2D eigenvalue weighted by molar-refractivity contribution is 7.22. The zero-order chi connectivity index (χ0) is 17.7. The van der Waals surface area contributed by atoms with E-state index in [1.807, 2.05) is 23.7 Å². The maximum Gasteiger partial charge on any atom is 0.186 e. The minimum atomic E-state index is 0.907. The van der Waals surface area contributed by atoms with Crippen molar-refractivity contribution in [3.8, 4) is 0 Å². The van der Waals surface area contributed by atoms with Crippen LogP contribution in [0.15, 0.2) is 36.5 Å². The van der Waals surface area contributed by atoms with Crippen LogP contribution >= 0.6 is 11.3 Å². The van der Waals surface area contributed by atoms with Crippen molar-refractivity contribution in [1.82, 2.24) is 19.6 Å². The summed E-state index contributed by atoms with van der Waals surface area (Å²) >= 11 is 1.79. The lowest BCUT2D eigenvalue weighted by atomic mass is 10.2. The van der Waals surface area contributed by atoms with Gasteiger partial charge in [-0.3, -0.25) is 0 Å². The lowest BCUT2D eigenvalue weighted by Gasteiger charge is -2.35. The Hall–Kier alpha value is -2.67. The molecule has 4 heterocycles. The second kappa shape index (κ2) is 5.95. The van der Waals surface area contributed by atoms with E-state index in [0.717, 1.165) is 54.0 Å². The van der Waals surface area contributed by atoms with E-state index in [1.54, 1.807) is 11.3 Å². The number of hydrogen-bond donors (Lipinski definition) is 0. The van der Waals surface area contributed by atoms with E-state index < -0.39 is 0 Å². The van der Waals surface area contributed by atoms with Crippen molar-refractivity contribution in [2.45, 2.75) is 13.8 Å². The van der Waals surface area contributed by atoms with E-state index in [4.69, 9.17) is 4.98 Å². The van der Waals surface area contributed by atoms with Gasteiger partial charge in [-0.25, -0.2) is 9.97 Å². The largest absolute Gasteiger partial charge is 0.353 e. The fraction of sp³-hybridized carbons (Fsp3) is 0.316. The van der Waals surface area contributed by atoms with Gasteiger partial charge < -0.3 is 9.80 Å². The quantitative estimate of drug-likeness (QED) is 0.546. The molecule has 0 radical (unpaired) electrons. The first-order chi connectivity index (χ1) is 12.7. The van der Waals surface area contributed by atoms with Crippen LogP contribution < -0.4 is 9.80 Å². The standard InChI is InChI=1S/C19H20N6S/c1-13-4-3-5-15-18(13)22-19(26-15)24-10-8-23(9-11-24)17-12-14(2)21-16-6-7-20-25(16)17/h3-7,12H,8-11H2,1-2H3. The Balaban J connectivity index is 1.40. The molecule has 0 unspecified atom stereocenters. The van der Waals surface area contributed by atoms with Gasteiger partial charge in [0.15, 0.2) is 10.8 Å². The van der Waals surface area contributed by atoms with E-state index in [0.29, 0.717) is 0 Å². The normalized spacial score (nSPS) is 15.3. The summed E-state index contributed by atoms with van der Waals surface area (Å²) in [6.45, 7) is 7.99. The van der Waals surface area contributed by atoms with E-state index in [1.165, 1.54) is 10.3 Å². The van der Waals surface area contributed by atoms with E-state index >= 15 is 0 Å². The molecule has 0 amide bonds. The molecule has 26 heavy (non-hydrogen) atoms. The van der Waals surface area contributed by atoms with Crippen LogP contribution in [0.25, 0.3) is 15.9 Å². The van der Waals surface area contributed by atoms with Gasteiger partial charge in [-0.05, 0) is 25.5 Å². The predicted molar refractivity (Wildman–Crippen MR) is 107 cm³/mol. The topological polar surface area (TPSA) is 49.6 Å². The summed E-state index contributed by atoms with van der Waals surface area (Å²) in [6, 6.07) is 10.5. The summed E-state index contributed by atoms with van der Waals surface area (Å²) in [5.74, 6) is 1.12. The second-order valence-electron chi connectivity index (χ2n) is 6.75. The number of aromatic nitrogens is 4. The second-order valence-corrected chi connectivity index (χ2v) is 7.76. The molecule has 5 rings (SSSR count). The van der Waals surface area contributed by atoms with E-state index in [2.05, 4.69) is 51.1 Å². The Morgan fingerprint density at radius 3 is 2.58 bits per heavy atom. The maximum atomic E-state index is 4.89. The lowest BCUT2D eigenvalue weighted by Crippen LogP contribution is -2.47. The Labute approximate surface area is 155 Å². The van der Waals surface area contributed by atoms with Crippen molar-refractivity contribution in [2.24, 2.45) is 0 Å². The van der Waals surface area contributed by atoms with Crippen molar-refractivity contribution >= 4 is 38.2 Å². The number of para-hydroxylation sites is 1. The Morgan fingerprint density at radius 1 is 0.962 bits per heavy atom. The molecule has 0 spiro atoms. The average Bonchev–Trinajstić information content (AvgIpc) is 3.28. The molecule has 0 saturated carbocycles. The Kier molecular flexibility index (Phi) is 3.56. The molecule has 132 valence electrons. The van der Waals surface area contributed by atoms with Gasteiger partial charge in [0, 0.05) is 44.0 Å². The third-order valence-electron chi connectivity index (χ3n) is 4.95. The van der Waals surface area contributed by atoms with Crippen LogP contribution in [0, 0.1) is 13.8 Å². The number of fused-ring (bicyclic) bond motifs is 2. The van der Waals surface area contributed by atoms with Gasteiger partial charge in [-0.2, -0.15) is 9.61 Å². The fourth-order valence-corrected chi connectivity index (χ4v) is 4.68. The van der Waals surface area contributed by atoms with Crippen LogP contribution in [0.4, 0.5) is 10.9 Å². The number of hydrogen-bond acceptors (Lipinski definition) is 6. The highest BCUT2D eigenvalue weighted by atomic mass is 32.1. The SMILES string of the molecule is Cc1cc(N2CCN(c3nc4c(C)cccc4s3)CC2)n2nccc2n1. The molecule has 0 aliphatic carbocycles. The first kappa shape index (κ1) is 15.6. The fourth-order valence-electron chi connectivity index (χ4n) is 3.58. The predicted octanol–water partition coefficient (Wildman–Crippen LogP) is 3.28. The summed E-state index contributed by atoms with van der Waals surface area (Å²) < 4.78 is 3.20. The molecule has 3 aromatic heterocycles. The number of nitrogens with zero attached hydrogens (tertiary/aromatic N) is 6. The molecule has 0 N–H and O–H groups in total. The smallest absolute Gasteiger partial charge is 0.186 e. The zero-order valence-electron chi connectivity index (χ0n) is 14.9. The van der Waals surface area contributed by atoms with Gasteiger partial charge in [0.25, 0.3) is 0 Å². The third-order valence-corrected chi connectivity index (χ3v) is 6.03. The van der Waals surface area contributed by atoms with Crippen LogP contribution in [-0.2, 0) is 0 Å². The highest BCUT2D eigenvalue weighted by Crippen LogP contribution is 2.31. The maximum absolute atomic E-state index is 4.89. The zero-order valence-corrected chi connectivity index (χ0v) is 15.7. The number of aryl methyl sites for hydroxylation is 2. The molecule has 0 bridgehead atoms. The summed E-state index contributed by atoms with van der Waals surface area (Å²) in [7, 11) is 0. The lowest BCUT2D eigenvalue weighted by molar-refractivity contribution is 0.637. The van der Waals surface area contributed by atoms with Crippen LogP contribution in [0.5, 0.6) is 0 Å². The molecule has 1 aromatic carbocycles. The van der Waals surface area contributed by atoms with Crippen LogP contribution in [0.1, 0.15) is 11.3 Å². The van der Waals surface area contributed by atoms with Gasteiger partial charge in [0.1, 0.15) is 5.82 Å². The summed E-state index contributed by atoms with van der Waals surface area (Å²) in [5.41, 5.74) is 4.32. The van der Waals surface area contributed by atoms with Gasteiger partial charge in [0.2, 0.25) is 0 Å². The highest BCUT2D eigenvalue weighted by Gasteiger charge is 2.22. The summed E-state index contributed by atoms with van der Waals surface area (Å²) in [6.07, 6.45) is 1.81. The number of benzene rings is 1. The van der Waals surface area contributed by atoms with Gasteiger partial charge >= 0.3 is 0 Å². The first-order valence-corrected chi connectivity index (χ1v) is 9.68. The molecule has 0 atom stereocenters. The van der Waals surface area contributed by atoms with Crippen LogP contribution in [0.2, 0.25) is 0 Å². The van der Waals surface area contributed by atoms with Crippen molar-refractivity contribution in [1.29, 1.82) is 0 Å². The number of piperazine rings is 1. The van der Waals surface area contributed by atoms with Gasteiger partial charge in [0.05, 0.1) is 16.4 Å². The van der Waals surface area contributed by atoms with Crippen molar-refractivity contribution in [3.05, 3.63) is 47.8 Å². The minimum Gasteiger partial charge on any atom is -0.353 e. The van der Waals surface area contributed by atoms with Crippen molar-refractivity contribution in [3.63, 3.8) is 0 Å². The molecule has 1 aliphatic heterocycles. The Morgan fingerprint density at radius 2 is 1.77 bits per heavy atom. The van der Waals surface area contributed by atoms with Crippen LogP contribution in [-0.4, -0.2) is 45.8 Å². The molecule has 7 heteroatoms. The first-order valence-electron chi connectivity index (χ1n) is 8.86. The van der Waals surface area contributed by atoms with Gasteiger partial charge in [-0.15, -0.1) is 0 Å². The Bertz CT molecular complexity index is 1090. The summed E-state index contributed by atoms with van der Waals surface area (Å²) in [4.78, 5) is 14.2. The monoisotopic (exact) mass is 364 g/mol. The summed E-state index contributed by atoms with van der Waals surface area (Å²) in [5, 5.41) is 5.57. The average molecular weight is 364 g/mol.